The maximum absolute atomic E-state index is 12.0. The van der Waals surface area contributed by atoms with Crippen LogP contribution in [-0.4, -0.2) is 25.2 Å². The van der Waals surface area contributed by atoms with Crippen LogP contribution in [0.2, 0.25) is 0 Å². The first-order chi connectivity index (χ1) is 10.7. The predicted molar refractivity (Wildman–Crippen MR) is 85.2 cm³/mol. The molecule has 0 aliphatic carbocycles. The largest absolute Gasteiger partial charge is 0.462 e. The van der Waals surface area contributed by atoms with E-state index < -0.39 is 11.9 Å². The lowest BCUT2D eigenvalue weighted by atomic mass is 10.0. The highest BCUT2D eigenvalue weighted by atomic mass is 16.6. The van der Waals surface area contributed by atoms with E-state index in [-0.39, 0.29) is 18.8 Å². The van der Waals surface area contributed by atoms with Crippen LogP contribution in [0.5, 0.6) is 0 Å². The molecule has 0 aliphatic heterocycles. The van der Waals surface area contributed by atoms with E-state index in [0.717, 1.165) is 16.3 Å². The molecule has 0 spiro atoms. The molecule has 0 amide bonds. The van der Waals surface area contributed by atoms with Crippen LogP contribution in [0.15, 0.2) is 48.0 Å². The molecule has 0 aliphatic rings. The van der Waals surface area contributed by atoms with Crippen LogP contribution < -0.4 is 0 Å². The molecule has 2 aromatic carbocycles. The lowest BCUT2D eigenvalue weighted by Gasteiger charge is -2.08. The van der Waals surface area contributed by atoms with Gasteiger partial charge in [0.05, 0.1) is 13.2 Å². The second-order valence-corrected chi connectivity index (χ2v) is 4.57. The van der Waals surface area contributed by atoms with E-state index in [1.807, 2.05) is 42.5 Å². The summed E-state index contributed by atoms with van der Waals surface area (Å²) in [4.78, 5) is 24.0. The number of ether oxygens (including phenoxy) is 2. The van der Waals surface area contributed by atoms with E-state index in [1.165, 1.54) is 6.08 Å². The van der Waals surface area contributed by atoms with Crippen molar-refractivity contribution in [3.63, 3.8) is 0 Å². The maximum atomic E-state index is 12.0. The zero-order chi connectivity index (χ0) is 15.9. The first-order valence-electron chi connectivity index (χ1n) is 7.21. The molecule has 0 atom stereocenters. The normalized spacial score (nSPS) is 10.1. The van der Waals surface area contributed by atoms with Gasteiger partial charge in [-0.25, -0.2) is 9.59 Å². The van der Waals surface area contributed by atoms with Crippen molar-refractivity contribution in [2.75, 3.05) is 13.2 Å². The Hall–Kier alpha value is -2.62. The van der Waals surface area contributed by atoms with Crippen molar-refractivity contribution >= 4 is 28.8 Å². The van der Waals surface area contributed by atoms with Crippen LogP contribution >= 0.6 is 0 Å². The molecule has 0 N–H and O–H groups in total. The number of rotatable bonds is 5. The molecule has 0 saturated heterocycles. The molecule has 0 heterocycles. The highest BCUT2D eigenvalue weighted by molar-refractivity contribution is 6.18. The Morgan fingerprint density at radius 3 is 2.14 bits per heavy atom. The molecule has 114 valence electrons. The summed E-state index contributed by atoms with van der Waals surface area (Å²) in [5.41, 5.74) is 0.675. The summed E-state index contributed by atoms with van der Waals surface area (Å²) >= 11 is 0. The number of hydrogen-bond donors (Lipinski definition) is 0. The molecule has 0 fully saturated rings. The Bertz CT molecular complexity index is 691. The maximum Gasteiger partial charge on any atom is 0.345 e. The molecular weight excluding hydrogens is 280 g/mol. The number of benzene rings is 2. The molecule has 2 aromatic rings. The third-order valence-corrected chi connectivity index (χ3v) is 3.11. The van der Waals surface area contributed by atoms with Gasteiger partial charge in [-0.15, -0.1) is 0 Å². The van der Waals surface area contributed by atoms with Crippen LogP contribution in [0.3, 0.4) is 0 Å². The monoisotopic (exact) mass is 298 g/mol. The highest BCUT2D eigenvalue weighted by Crippen LogP contribution is 2.21. The fourth-order valence-electron chi connectivity index (χ4n) is 2.15. The Morgan fingerprint density at radius 2 is 1.50 bits per heavy atom. The Labute approximate surface area is 129 Å². The fourth-order valence-corrected chi connectivity index (χ4v) is 2.15. The van der Waals surface area contributed by atoms with Gasteiger partial charge >= 0.3 is 11.9 Å². The minimum atomic E-state index is -0.672. The quantitative estimate of drug-likeness (QED) is 0.368. The van der Waals surface area contributed by atoms with Crippen molar-refractivity contribution < 1.29 is 19.1 Å². The smallest absolute Gasteiger partial charge is 0.345 e. The number of carbonyl (C=O) groups excluding carboxylic acids is 2. The zero-order valence-corrected chi connectivity index (χ0v) is 12.7. The molecule has 2 rings (SSSR count). The summed E-state index contributed by atoms with van der Waals surface area (Å²) in [6.45, 7) is 3.79. The van der Waals surface area contributed by atoms with E-state index in [2.05, 4.69) is 0 Å². The third-order valence-electron chi connectivity index (χ3n) is 3.11. The van der Waals surface area contributed by atoms with Crippen molar-refractivity contribution in [1.29, 1.82) is 0 Å². The number of carbonyl (C=O) groups is 2. The lowest BCUT2D eigenvalue weighted by molar-refractivity contribution is -0.146. The first-order valence-corrected chi connectivity index (χ1v) is 7.21. The zero-order valence-electron chi connectivity index (χ0n) is 12.7. The fraction of sp³-hybridized carbons (Fsp3) is 0.222. The van der Waals surface area contributed by atoms with Crippen LogP contribution in [-0.2, 0) is 19.1 Å². The van der Waals surface area contributed by atoms with Crippen molar-refractivity contribution in [3.8, 4) is 0 Å². The van der Waals surface area contributed by atoms with Gasteiger partial charge in [0.2, 0.25) is 0 Å². The molecule has 0 aromatic heterocycles. The summed E-state index contributed by atoms with van der Waals surface area (Å²) in [6, 6.07) is 13.5. The van der Waals surface area contributed by atoms with Gasteiger partial charge in [0, 0.05) is 0 Å². The van der Waals surface area contributed by atoms with E-state index in [4.69, 9.17) is 9.47 Å². The SMILES string of the molecule is CCOC(=O)C(=Cc1cccc2ccccc12)C(=O)OCC. The molecule has 4 heteroatoms. The van der Waals surface area contributed by atoms with Gasteiger partial charge in [-0.2, -0.15) is 0 Å². The van der Waals surface area contributed by atoms with Gasteiger partial charge in [0.15, 0.2) is 0 Å². The van der Waals surface area contributed by atoms with E-state index in [0.29, 0.717) is 0 Å². The van der Waals surface area contributed by atoms with Crippen LogP contribution in [0.25, 0.3) is 16.8 Å². The predicted octanol–water partition coefficient (Wildman–Crippen LogP) is 3.35. The average molecular weight is 298 g/mol. The van der Waals surface area contributed by atoms with Gasteiger partial charge in [-0.1, -0.05) is 42.5 Å². The lowest BCUT2D eigenvalue weighted by Crippen LogP contribution is -2.18. The van der Waals surface area contributed by atoms with Gasteiger partial charge < -0.3 is 9.47 Å². The number of esters is 2. The van der Waals surface area contributed by atoms with Gasteiger partial charge in [-0.05, 0) is 36.3 Å². The summed E-state index contributed by atoms with van der Waals surface area (Å²) < 4.78 is 9.90. The van der Waals surface area contributed by atoms with Crippen molar-refractivity contribution in [2.24, 2.45) is 0 Å². The number of fused-ring (bicyclic) bond motifs is 1. The van der Waals surface area contributed by atoms with Crippen LogP contribution in [0.4, 0.5) is 0 Å². The molecule has 22 heavy (non-hydrogen) atoms. The molecular formula is C18H18O4. The van der Waals surface area contributed by atoms with E-state index in [9.17, 15) is 9.59 Å². The van der Waals surface area contributed by atoms with E-state index in [1.54, 1.807) is 13.8 Å². The molecule has 0 bridgehead atoms. The molecule has 0 unspecified atom stereocenters. The molecule has 0 saturated carbocycles. The minimum absolute atomic E-state index is 0.0972. The number of hydrogen-bond acceptors (Lipinski definition) is 4. The third kappa shape index (κ3) is 3.52. The van der Waals surface area contributed by atoms with Gasteiger partial charge in [-0.3, -0.25) is 0 Å². The van der Waals surface area contributed by atoms with Crippen molar-refractivity contribution in [1.82, 2.24) is 0 Å². The van der Waals surface area contributed by atoms with Gasteiger partial charge in [0.1, 0.15) is 5.57 Å². The van der Waals surface area contributed by atoms with Crippen LogP contribution in [0, 0.1) is 0 Å². The molecule has 0 radical (unpaired) electrons. The Balaban J connectivity index is 2.51. The van der Waals surface area contributed by atoms with Gasteiger partial charge in [0.25, 0.3) is 0 Å². The Morgan fingerprint density at radius 1 is 0.909 bits per heavy atom. The second kappa shape index (κ2) is 7.41. The first kappa shape index (κ1) is 15.8. The minimum Gasteiger partial charge on any atom is -0.462 e. The summed E-state index contributed by atoms with van der Waals surface area (Å²) in [6.07, 6.45) is 1.53. The van der Waals surface area contributed by atoms with Crippen molar-refractivity contribution in [2.45, 2.75) is 13.8 Å². The summed E-state index contributed by atoms with van der Waals surface area (Å²) in [5, 5.41) is 1.99. The second-order valence-electron chi connectivity index (χ2n) is 4.57. The summed E-state index contributed by atoms with van der Waals surface area (Å²) in [5.74, 6) is -1.34. The Kier molecular flexibility index (Phi) is 5.31. The highest BCUT2D eigenvalue weighted by Gasteiger charge is 2.21. The van der Waals surface area contributed by atoms with Crippen molar-refractivity contribution in [3.05, 3.63) is 53.6 Å². The average Bonchev–Trinajstić information content (AvgIpc) is 2.53. The van der Waals surface area contributed by atoms with E-state index >= 15 is 0 Å². The summed E-state index contributed by atoms with van der Waals surface area (Å²) in [7, 11) is 0. The topological polar surface area (TPSA) is 52.6 Å². The van der Waals surface area contributed by atoms with Crippen LogP contribution in [0.1, 0.15) is 19.4 Å². The standard InChI is InChI=1S/C18H18O4/c1-3-21-17(19)16(18(20)22-4-2)12-14-10-7-9-13-8-5-6-11-15(13)14/h5-12H,3-4H2,1-2H3. The molecule has 4 nitrogen and oxygen atoms in total.